The summed E-state index contributed by atoms with van der Waals surface area (Å²) < 4.78 is 9.43. The number of aliphatic hydroxyl groups excluding tert-OH is 2. The van der Waals surface area contributed by atoms with E-state index in [1.165, 1.54) is 0 Å². The summed E-state index contributed by atoms with van der Waals surface area (Å²) in [5.74, 6) is -2.46. The van der Waals surface area contributed by atoms with Crippen molar-refractivity contribution in [3.8, 4) is 0 Å². The molecule has 45 heavy (non-hydrogen) atoms. The van der Waals surface area contributed by atoms with Gasteiger partial charge >= 0.3 is 11.9 Å². The van der Waals surface area contributed by atoms with Crippen LogP contribution in [0.4, 0.5) is 0 Å². The lowest BCUT2D eigenvalue weighted by molar-refractivity contribution is -0.157. The zero-order valence-corrected chi connectivity index (χ0v) is 26.8. The second kappa shape index (κ2) is 30.0. The van der Waals surface area contributed by atoms with Gasteiger partial charge in [-0.2, -0.15) is 0 Å². The lowest BCUT2D eigenvalue weighted by atomic mass is 10.1. The Balaban J connectivity index is 4.24. The molecule has 4 N–H and O–H groups in total. The Kier molecular flexibility index (Phi) is 27.3. The number of allylic oxidation sites excluding steroid dienone is 12. The molecule has 0 rings (SSSR count). The average Bonchev–Trinajstić information content (AvgIpc) is 3.04. The molecule has 0 saturated carbocycles. The van der Waals surface area contributed by atoms with E-state index in [4.69, 9.17) is 14.9 Å². The lowest BCUT2D eigenvalue weighted by Crippen LogP contribution is -2.44. The number of amides is 2. The van der Waals surface area contributed by atoms with Gasteiger partial charge < -0.3 is 30.3 Å². The molecule has 10 heteroatoms. The van der Waals surface area contributed by atoms with Gasteiger partial charge in [0.25, 0.3) is 0 Å². The molecule has 1 unspecified atom stereocenters. The highest BCUT2D eigenvalue weighted by Crippen LogP contribution is 2.04. The van der Waals surface area contributed by atoms with Gasteiger partial charge in [0.2, 0.25) is 11.8 Å². The monoisotopic (exact) mass is 628 g/mol. The van der Waals surface area contributed by atoms with Gasteiger partial charge in [0.05, 0.1) is 20.3 Å². The highest BCUT2D eigenvalue weighted by atomic mass is 16.6. The first-order chi connectivity index (χ1) is 21.9. The van der Waals surface area contributed by atoms with Crippen molar-refractivity contribution >= 4 is 23.8 Å². The lowest BCUT2D eigenvalue weighted by Gasteiger charge is -2.20. The highest BCUT2D eigenvalue weighted by molar-refractivity contribution is 5.96. The number of ether oxygens (including phenoxy) is 2. The molecule has 0 aliphatic heterocycles. The molecule has 0 saturated heterocycles. The summed E-state index contributed by atoms with van der Waals surface area (Å²) in [4.78, 5) is 47.9. The van der Waals surface area contributed by atoms with E-state index in [0.717, 1.165) is 57.8 Å². The molecule has 0 fully saturated rings. The molecule has 250 valence electrons. The Hall–Kier alpha value is -4.02. The summed E-state index contributed by atoms with van der Waals surface area (Å²) >= 11 is 0. The van der Waals surface area contributed by atoms with Crippen LogP contribution < -0.4 is 10.6 Å². The number of carbonyl (C=O) groups is 4. The summed E-state index contributed by atoms with van der Waals surface area (Å²) in [7, 11) is 1.16. The first kappa shape index (κ1) is 41.0. The maximum Gasteiger partial charge on any atom is 0.330 e. The van der Waals surface area contributed by atoms with Crippen molar-refractivity contribution in [3.63, 3.8) is 0 Å². The van der Waals surface area contributed by atoms with Crippen LogP contribution in [0.25, 0.3) is 0 Å². The molecule has 0 heterocycles. The van der Waals surface area contributed by atoms with Crippen LogP contribution in [0.2, 0.25) is 0 Å². The molecule has 2 amide bonds. The van der Waals surface area contributed by atoms with E-state index in [2.05, 4.69) is 83.1 Å². The Morgan fingerprint density at radius 2 is 1.24 bits per heavy atom. The fourth-order valence-electron chi connectivity index (χ4n) is 3.54. The maximum atomic E-state index is 12.4. The van der Waals surface area contributed by atoms with Gasteiger partial charge in [0.15, 0.2) is 0 Å². The quantitative estimate of drug-likeness (QED) is 0.0501. The fraction of sp³-hybridized carbons (Fsp3) is 0.486. The average molecular weight is 629 g/mol. The number of hydrogen-bond donors (Lipinski definition) is 4. The Labute approximate surface area is 268 Å². The third kappa shape index (κ3) is 26.1. The van der Waals surface area contributed by atoms with E-state index in [1.807, 2.05) is 12.2 Å². The minimum Gasteiger partial charge on any atom is -0.466 e. The van der Waals surface area contributed by atoms with Crippen LogP contribution >= 0.6 is 0 Å². The predicted molar refractivity (Wildman–Crippen MR) is 177 cm³/mol. The Morgan fingerprint density at radius 1 is 0.733 bits per heavy atom. The summed E-state index contributed by atoms with van der Waals surface area (Å²) in [5, 5.41) is 23.5. The van der Waals surface area contributed by atoms with Gasteiger partial charge in [-0.05, 0) is 57.8 Å². The number of nitrogens with one attached hydrogen (secondary N) is 2. The van der Waals surface area contributed by atoms with Crippen molar-refractivity contribution < 1.29 is 38.9 Å². The molecule has 0 bridgehead atoms. The Morgan fingerprint density at radius 3 is 1.73 bits per heavy atom. The third-order valence-electron chi connectivity index (χ3n) is 5.99. The summed E-state index contributed by atoms with van der Waals surface area (Å²) in [5.41, 5.74) is 0. The van der Waals surface area contributed by atoms with Gasteiger partial charge in [-0.15, -0.1) is 0 Å². The standard InChI is InChI=1S/C35H52N2O8/c1-3-4-5-6-7-8-9-10-11-12-13-14-15-16-17-18-19-20-21-24-32(40)36-27-22-23-31(35(43)45-30(28-38)29-39)37-33(41)25-26-34(42)44-2/h4-5,7-8,10-11,13-14,16-17,19-20,25-26,30-31,38-39H,3,6,9,12,15,18,21-24,27-29H2,1-2H3,(H,36,40)(H,37,41). The van der Waals surface area contributed by atoms with Crippen LogP contribution in [0, 0.1) is 0 Å². The zero-order valence-electron chi connectivity index (χ0n) is 26.8. The van der Waals surface area contributed by atoms with Crippen LogP contribution in [0.5, 0.6) is 0 Å². The van der Waals surface area contributed by atoms with Crippen LogP contribution in [-0.4, -0.2) is 73.0 Å². The number of hydrogen-bond acceptors (Lipinski definition) is 8. The van der Waals surface area contributed by atoms with Gasteiger partial charge in [-0.25, -0.2) is 9.59 Å². The van der Waals surface area contributed by atoms with Gasteiger partial charge in [-0.1, -0.05) is 79.8 Å². The number of aliphatic hydroxyl groups is 2. The number of carbonyl (C=O) groups excluding carboxylic acids is 4. The Bertz CT molecular complexity index is 1040. The molecule has 0 aromatic heterocycles. The SMILES string of the molecule is CCC=CCC=CCC=CCC=CCC=CCC=CCCC(=O)NCCCC(NC(=O)C=CC(=O)OC)C(=O)OC(CO)CO. The molecule has 0 spiro atoms. The van der Waals surface area contributed by atoms with E-state index >= 15 is 0 Å². The van der Waals surface area contributed by atoms with Gasteiger partial charge in [0, 0.05) is 25.1 Å². The molecule has 0 aliphatic carbocycles. The van der Waals surface area contributed by atoms with E-state index in [1.54, 1.807) is 0 Å². The van der Waals surface area contributed by atoms with E-state index in [9.17, 15) is 19.2 Å². The van der Waals surface area contributed by atoms with Crippen molar-refractivity contribution in [1.82, 2.24) is 10.6 Å². The first-order valence-electron chi connectivity index (χ1n) is 15.5. The molecule has 10 nitrogen and oxygen atoms in total. The number of esters is 2. The topological polar surface area (TPSA) is 151 Å². The predicted octanol–water partition coefficient (Wildman–Crippen LogP) is 4.47. The smallest absolute Gasteiger partial charge is 0.330 e. The maximum absolute atomic E-state index is 12.4. The van der Waals surface area contributed by atoms with E-state index < -0.39 is 43.2 Å². The molecule has 0 radical (unpaired) electrons. The molecule has 0 aromatic rings. The second-order valence-corrected chi connectivity index (χ2v) is 9.79. The van der Waals surface area contributed by atoms with Gasteiger partial charge in [-0.3, -0.25) is 9.59 Å². The van der Waals surface area contributed by atoms with E-state index in [-0.39, 0.29) is 18.9 Å². The third-order valence-corrected chi connectivity index (χ3v) is 5.99. The largest absolute Gasteiger partial charge is 0.466 e. The molecular formula is C35H52N2O8. The van der Waals surface area contributed by atoms with Crippen molar-refractivity contribution in [3.05, 3.63) is 85.1 Å². The van der Waals surface area contributed by atoms with Crippen LogP contribution in [0.15, 0.2) is 85.1 Å². The first-order valence-corrected chi connectivity index (χ1v) is 15.5. The van der Waals surface area contributed by atoms with Crippen LogP contribution in [-0.2, 0) is 28.7 Å². The number of rotatable bonds is 25. The second-order valence-electron chi connectivity index (χ2n) is 9.79. The van der Waals surface area contributed by atoms with Crippen molar-refractivity contribution in [2.75, 3.05) is 26.9 Å². The van der Waals surface area contributed by atoms with Gasteiger partial charge in [0.1, 0.15) is 12.1 Å². The summed E-state index contributed by atoms with van der Waals surface area (Å²) in [6.07, 6.45) is 33.2. The fourth-order valence-corrected chi connectivity index (χ4v) is 3.54. The van der Waals surface area contributed by atoms with Crippen molar-refractivity contribution in [1.29, 1.82) is 0 Å². The molecule has 1 atom stereocenters. The normalized spacial score (nSPS) is 13.0. The number of methoxy groups -OCH3 is 1. The molecule has 0 aromatic carbocycles. The highest BCUT2D eigenvalue weighted by Gasteiger charge is 2.24. The van der Waals surface area contributed by atoms with Crippen molar-refractivity contribution in [2.24, 2.45) is 0 Å². The summed E-state index contributed by atoms with van der Waals surface area (Å²) in [6, 6.07) is -1.11. The molecular weight excluding hydrogens is 576 g/mol. The van der Waals surface area contributed by atoms with E-state index in [0.29, 0.717) is 19.3 Å². The van der Waals surface area contributed by atoms with Crippen LogP contribution in [0.1, 0.15) is 71.1 Å². The minimum absolute atomic E-state index is 0.119. The zero-order chi connectivity index (χ0) is 33.4. The molecule has 0 aliphatic rings. The van der Waals surface area contributed by atoms with Crippen molar-refractivity contribution in [2.45, 2.75) is 83.3 Å². The van der Waals surface area contributed by atoms with Crippen LogP contribution in [0.3, 0.4) is 0 Å². The summed E-state index contributed by atoms with van der Waals surface area (Å²) in [6.45, 7) is 1.23. The minimum atomic E-state index is -1.13.